The summed E-state index contributed by atoms with van der Waals surface area (Å²) >= 11 is 6.83. The van der Waals surface area contributed by atoms with Gasteiger partial charge >= 0.3 is 5.97 Å². The van der Waals surface area contributed by atoms with Crippen LogP contribution in [0, 0.1) is 17.6 Å². The van der Waals surface area contributed by atoms with Crippen LogP contribution in [0.25, 0.3) is 0 Å². The topological polar surface area (TPSA) is 46.6 Å². The number of Topliss-reactive ketones (excluding diaryl/α,β-unsaturated/α-hetero) is 1. The van der Waals surface area contributed by atoms with Crippen LogP contribution in [0.1, 0.15) is 28.4 Å². The first-order valence-electron chi connectivity index (χ1n) is 8.64. The molecule has 0 saturated heterocycles. The molecule has 148 valence electrons. The Kier molecular flexibility index (Phi) is 6.50. The summed E-state index contributed by atoms with van der Waals surface area (Å²) in [5.41, 5.74) is 1.56. The van der Waals surface area contributed by atoms with Gasteiger partial charge in [-0.1, -0.05) is 37.9 Å². The number of carbonyl (C=O) groups excluding carboxylic acids is 2. The molecule has 3 rings (SSSR count). The van der Waals surface area contributed by atoms with Crippen LogP contribution in [0.15, 0.2) is 34.8 Å². The molecule has 4 nitrogen and oxygen atoms in total. The first-order chi connectivity index (χ1) is 13.4. The summed E-state index contributed by atoms with van der Waals surface area (Å²) in [5.74, 6) is -3.40. The van der Waals surface area contributed by atoms with Gasteiger partial charge in [0.25, 0.3) is 0 Å². The molecule has 0 saturated carbocycles. The fourth-order valence-corrected chi connectivity index (χ4v) is 4.52. The number of esters is 1. The zero-order chi connectivity index (χ0) is 20.4. The van der Waals surface area contributed by atoms with Gasteiger partial charge in [-0.3, -0.25) is 9.59 Å². The SMILES string of the molecule is CCOC(=O)C1CN(Cc2c(F)cccc2F)c2cc(Br)c(CBr)cc2C1=O. The van der Waals surface area contributed by atoms with E-state index in [0.717, 1.165) is 10.0 Å². The molecule has 2 aromatic rings. The zero-order valence-corrected chi connectivity index (χ0v) is 18.1. The number of hydrogen-bond acceptors (Lipinski definition) is 4. The van der Waals surface area contributed by atoms with Crippen molar-refractivity contribution in [1.82, 2.24) is 0 Å². The van der Waals surface area contributed by atoms with Gasteiger partial charge in [-0.15, -0.1) is 0 Å². The van der Waals surface area contributed by atoms with Gasteiger partial charge < -0.3 is 9.64 Å². The number of hydrogen-bond donors (Lipinski definition) is 0. The van der Waals surface area contributed by atoms with Crippen molar-refractivity contribution in [3.8, 4) is 0 Å². The minimum Gasteiger partial charge on any atom is -0.465 e. The molecule has 1 aliphatic heterocycles. The van der Waals surface area contributed by atoms with Gasteiger partial charge in [0.15, 0.2) is 5.78 Å². The molecule has 0 radical (unpaired) electrons. The molecule has 0 bridgehead atoms. The van der Waals surface area contributed by atoms with Gasteiger partial charge in [-0.05, 0) is 36.8 Å². The Morgan fingerprint density at radius 3 is 2.57 bits per heavy atom. The molecule has 0 aromatic heterocycles. The number of alkyl halides is 1. The van der Waals surface area contributed by atoms with E-state index < -0.39 is 23.5 Å². The van der Waals surface area contributed by atoms with Gasteiger partial charge in [0.1, 0.15) is 17.6 Å². The van der Waals surface area contributed by atoms with E-state index in [0.29, 0.717) is 16.6 Å². The second-order valence-electron chi connectivity index (χ2n) is 6.34. The normalized spacial score (nSPS) is 16.1. The predicted octanol–water partition coefficient (Wildman–Crippen LogP) is 5.00. The highest BCUT2D eigenvalue weighted by atomic mass is 79.9. The second kappa shape index (κ2) is 8.69. The maximum absolute atomic E-state index is 14.2. The van der Waals surface area contributed by atoms with Gasteiger partial charge in [0, 0.05) is 39.7 Å². The lowest BCUT2D eigenvalue weighted by molar-refractivity contribution is -0.145. The average Bonchev–Trinajstić information content (AvgIpc) is 2.66. The van der Waals surface area contributed by atoms with E-state index in [9.17, 15) is 18.4 Å². The van der Waals surface area contributed by atoms with Crippen LogP contribution in [0.5, 0.6) is 0 Å². The van der Waals surface area contributed by atoms with Gasteiger partial charge in [0.05, 0.1) is 6.61 Å². The lowest BCUT2D eigenvalue weighted by Gasteiger charge is -2.35. The third kappa shape index (κ3) is 3.98. The van der Waals surface area contributed by atoms with Crippen LogP contribution in [0.2, 0.25) is 0 Å². The number of anilines is 1. The molecule has 1 unspecified atom stereocenters. The van der Waals surface area contributed by atoms with Crippen LogP contribution < -0.4 is 4.90 Å². The largest absolute Gasteiger partial charge is 0.465 e. The maximum Gasteiger partial charge on any atom is 0.318 e. The number of halogens is 4. The molecule has 8 heteroatoms. The van der Waals surface area contributed by atoms with Crippen LogP contribution in [-0.4, -0.2) is 24.9 Å². The fourth-order valence-electron chi connectivity index (χ4n) is 3.21. The van der Waals surface area contributed by atoms with E-state index in [1.165, 1.54) is 18.2 Å². The molecule has 0 fully saturated rings. The van der Waals surface area contributed by atoms with E-state index in [4.69, 9.17) is 4.74 Å². The quantitative estimate of drug-likeness (QED) is 0.318. The van der Waals surface area contributed by atoms with Crippen LogP contribution in [0.3, 0.4) is 0 Å². The van der Waals surface area contributed by atoms with Gasteiger partial charge in [-0.2, -0.15) is 0 Å². The van der Waals surface area contributed by atoms with Gasteiger partial charge in [-0.25, -0.2) is 8.78 Å². The Hall–Kier alpha value is -1.80. The van der Waals surface area contributed by atoms with E-state index in [1.54, 1.807) is 24.0 Å². The first-order valence-corrected chi connectivity index (χ1v) is 10.6. The molecule has 0 N–H and O–H groups in total. The van der Waals surface area contributed by atoms with Crippen LogP contribution in [0.4, 0.5) is 14.5 Å². The van der Waals surface area contributed by atoms with Crippen molar-refractivity contribution in [2.24, 2.45) is 5.92 Å². The van der Waals surface area contributed by atoms with Crippen molar-refractivity contribution >= 4 is 49.3 Å². The van der Waals surface area contributed by atoms with Crippen molar-refractivity contribution in [3.05, 3.63) is 63.1 Å². The maximum atomic E-state index is 14.2. The molecule has 0 aliphatic carbocycles. The average molecular weight is 517 g/mol. The molecule has 1 atom stereocenters. The Labute approximate surface area is 178 Å². The first kappa shape index (κ1) is 20.9. The standard InChI is InChI=1S/C20H17Br2F2NO3/c1-2-28-20(27)14-10-25(9-13-16(23)4-3-5-17(13)24)18-7-15(22)11(8-21)6-12(18)19(14)26/h3-7,14H,2,8-10H2,1H3. The minimum absolute atomic E-state index is 0.0153. The summed E-state index contributed by atoms with van der Waals surface area (Å²) in [6.45, 7) is 1.67. The van der Waals surface area contributed by atoms with Crippen molar-refractivity contribution in [2.45, 2.75) is 18.8 Å². The molecule has 1 aliphatic rings. The fraction of sp³-hybridized carbons (Fsp3) is 0.300. The summed E-state index contributed by atoms with van der Waals surface area (Å²) in [6.07, 6.45) is 0. The van der Waals surface area contributed by atoms with Crippen molar-refractivity contribution in [2.75, 3.05) is 18.1 Å². The number of rotatable bonds is 5. The van der Waals surface area contributed by atoms with E-state index in [1.807, 2.05) is 0 Å². The van der Waals surface area contributed by atoms with E-state index in [-0.39, 0.29) is 31.0 Å². The predicted molar refractivity (Wildman–Crippen MR) is 109 cm³/mol. The Morgan fingerprint density at radius 1 is 1.29 bits per heavy atom. The summed E-state index contributed by atoms with van der Waals surface area (Å²) in [7, 11) is 0. The van der Waals surface area contributed by atoms with Crippen LogP contribution >= 0.6 is 31.9 Å². The molecule has 1 heterocycles. The number of fused-ring (bicyclic) bond motifs is 1. The molecule has 28 heavy (non-hydrogen) atoms. The molecule has 0 spiro atoms. The van der Waals surface area contributed by atoms with Crippen molar-refractivity contribution in [3.63, 3.8) is 0 Å². The monoisotopic (exact) mass is 515 g/mol. The highest BCUT2D eigenvalue weighted by molar-refractivity contribution is 9.10. The molecule has 2 aromatic carbocycles. The molecule has 0 amide bonds. The summed E-state index contributed by atoms with van der Waals surface area (Å²) < 4.78 is 34.2. The highest BCUT2D eigenvalue weighted by Crippen LogP contribution is 2.37. The lowest BCUT2D eigenvalue weighted by Crippen LogP contribution is -2.43. The highest BCUT2D eigenvalue weighted by Gasteiger charge is 2.38. The minimum atomic E-state index is -1.05. The molecular formula is C20H17Br2F2NO3. The number of benzene rings is 2. The van der Waals surface area contributed by atoms with Crippen molar-refractivity contribution < 1.29 is 23.1 Å². The number of nitrogens with zero attached hydrogens (tertiary/aromatic N) is 1. The smallest absolute Gasteiger partial charge is 0.318 e. The van der Waals surface area contributed by atoms with Gasteiger partial charge in [0.2, 0.25) is 0 Å². The third-order valence-corrected chi connectivity index (χ3v) is 5.96. The number of carbonyl (C=O) groups is 2. The van der Waals surface area contributed by atoms with E-state index >= 15 is 0 Å². The number of ketones is 1. The Balaban J connectivity index is 2.08. The third-order valence-electron chi connectivity index (χ3n) is 4.62. The summed E-state index contributed by atoms with van der Waals surface area (Å²) in [4.78, 5) is 26.9. The summed E-state index contributed by atoms with van der Waals surface area (Å²) in [5, 5.41) is 0.500. The summed E-state index contributed by atoms with van der Waals surface area (Å²) in [6, 6.07) is 7.08. The van der Waals surface area contributed by atoms with Crippen molar-refractivity contribution in [1.29, 1.82) is 0 Å². The molecular weight excluding hydrogens is 500 g/mol. The zero-order valence-electron chi connectivity index (χ0n) is 15.0. The lowest BCUT2D eigenvalue weighted by atomic mass is 9.89. The van der Waals surface area contributed by atoms with Crippen LogP contribution in [-0.2, 0) is 21.4 Å². The van der Waals surface area contributed by atoms with E-state index in [2.05, 4.69) is 31.9 Å². The second-order valence-corrected chi connectivity index (χ2v) is 7.76. The Bertz CT molecular complexity index is 916. The number of ether oxygens (including phenoxy) is 1. The Morgan fingerprint density at radius 2 is 1.96 bits per heavy atom.